The maximum absolute atomic E-state index is 12.3. The Hall–Kier alpha value is -1.26. The quantitative estimate of drug-likeness (QED) is 0.833. The third kappa shape index (κ3) is 4.64. The number of benzene rings is 1. The van der Waals surface area contributed by atoms with Gasteiger partial charge in [-0.3, -0.25) is 9.69 Å². The van der Waals surface area contributed by atoms with E-state index in [1.807, 2.05) is 4.90 Å². The van der Waals surface area contributed by atoms with Crippen LogP contribution in [0.4, 0.5) is 0 Å². The van der Waals surface area contributed by atoms with Crippen molar-refractivity contribution in [2.45, 2.75) is 38.6 Å². The maximum atomic E-state index is 12.3. The average Bonchev–Trinajstić information content (AvgIpc) is 2.61. The topological polar surface area (TPSA) is 32.8 Å². The van der Waals surface area contributed by atoms with Gasteiger partial charge in [0.05, 0.1) is 0 Å². The number of carbonyl (C=O) groups excluding carboxylic acids is 1. The molecule has 24 heavy (non-hydrogen) atoms. The standard InChI is InChI=1S/C19H27ClN2O2/c1-15-3-2-4-17(13-15)21-9-11-22(12-10-21)19(23)14-24-18-7-5-16(20)6-8-18/h5-8,15,17H,2-4,9-14H2,1H3/t15-,17-/m0/s1. The molecule has 1 aromatic rings. The van der Waals surface area contributed by atoms with Crippen molar-refractivity contribution in [1.29, 1.82) is 0 Å². The van der Waals surface area contributed by atoms with Crippen LogP contribution in [0.1, 0.15) is 32.6 Å². The molecule has 2 fully saturated rings. The zero-order valence-corrected chi connectivity index (χ0v) is 15.2. The van der Waals surface area contributed by atoms with Crippen LogP contribution in [0.15, 0.2) is 24.3 Å². The third-order valence-electron chi connectivity index (χ3n) is 5.27. The molecule has 1 aromatic carbocycles. The second-order valence-corrected chi connectivity index (χ2v) is 7.52. The van der Waals surface area contributed by atoms with Crippen LogP contribution in [0.25, 0.3) is 0 Å². The molecule has 2 atom stereocenters. The Morgan fingerprint density at radius 2 is 1.88 bits per heavy atom. The van der Waals surface area contributed by atoms with E-state index in [-0.39, 0.29) is 12.5 Å². The summed E-state index contributed by atoms with van der Waals surface area (Å²) in [5, 5.41) is 0.668. The summed E-state index contributed by atoms with van der Waals surface area (Å²) in [6, 6.07) is 7.84. The summed E-state index contributed by atoms with van der Waals surface area (Å²) in [6.07, 6.45) is 5.35. The first-order valence-electron chi connectivity index (χ1n) is 9.02. The predicted octanol–water partition coefficient (Wildman–Crippen LogP) is 3.44. The number of hydrogen-bond donors (Lipinski definition) is 0. The largest absolute Gasteiger partial charge is 0.484 e. The van der Waals surface area contributed by atoms with Crippen molar-refractivity contribution in [3.63, 3.8) is 0 Å². The molecule has 1 saturated heterocycles. The Kier molecular flexibility index (Phi) is 6.01. The number of ether oxygens (including phenoxy) is 1. The lowest BCUT2D eigenvalue weighted by atomic mass is 9.86. The van der Waals surface area contributed by atoms with E-state index in [1.165, 1.54) is 25.7 Å². The van der Waals surface area contributed by atoms with E-state index in [0.29, 0.717) is 10.8 Å². The minimum absolute atomic E-state index is 0.0709. The fourth-order valence-electron chi connectivity index (χ4n) is 3.84. The maximum Gasteiger partial charge on any atom is 0.260 e. The SMILES string of the molecule is C[C@H]1CCC[C@H](N2CCN(C(=O)COc3ccc(Cl)cc3)CC2)C1. The van der Waals surface area contributed by atoms with E-state index >= 15 is 0 Å². The van der Waals surface area contributed by atoms with Crippen molar-refractivity contribution in [1.82, 2.24) is 9.80 Å². The monoisotopic (exact) mass is 350 g/mol. The van der Waals surface area contributed by atoms with Crippen LogP contribution in [-0.4, -0.2) is 54.5 Å². The van der Waals surface area contributed by atoms with Crippen LogP contribution in [0.5, 0.6) is 5.75 Å². The number of piperazine rings is 1. The summed E-state index contributed by atoms with van der Waals surface area (Å²) in [7, 11) is 0. The van der Waals surface area contributed by atoms with E-state index in [0.717, 1.165) is 38.1 Å². The highest BCUT2D eigenvalue weighted by Gasteiger charge is 2.28. The van der Waals surface area contributed by atoms with Gasteiger partial charge in [-0.2, -0.15) is 0 Å². The van der Waals surface area contributed by atoms with Gasteiger partial charge in [-0.15, -0.1) is 0 Å². The van der Waals surface area contributed by atoms with Crippen molar-refractivity contribution in [2.75, 3.05) is 32.8 Å². The molecule has 1 saturated carbocycles. The fourth-order valence-corrected chi connectivity index (χ4v) is 3.96. The Morgan fingerprint density at radius 1 is 1.17 bits per heavy atom. The first-order valence-corrected chi connectivity index (χ1v) is 9.40. The molecule has 132 valence electrons. The second-order valence-electron chi connectivity index (χ2n) is 7.08. The number of hydrogen-bond acceptors (Lipinski definition) is 3. The summed E-state index contributed by atoms with van der Waals surface area (Å²) in [4.78, 5) is 16.8. The molecule has 1 aliphatic carbocycles. The van der Waals surface area contributed by atoms with E-state index < -0.39 is 0 Å². The molecule has 3 rings (SSSR count). The highest BCUT2D eigenvalue weighted by Crippen LogP contribution is 2.28. The molecule has 2 aliphatic rings. The Labute approximate surface area is 149 Å². The number of amides is 1. The molecule has 0 N–H and O–H groups in total. The third-order valence-corrected chi connectivity index (χ3v) is 5.52. The van der Waals surface area contributed by atoms with Crippen LogP contribution < -0.4 is 4.74 Å². The highest BCUT2D eigenvalue weighted by molar-refractivity contribution is 6.30. The summed E-state index contributed by atoms with van der Waals surface area (Å²) < 4.78 is 5.57. The van der Waals surface area contributed by atoms with Gasteiger partial charge in [0.1, 0.15) is 5.75 Å². The zero-order chi connectivity index (χ0) is 16.9. The van der Waals surface area contributed by atoms with Crippen LogP contribution in [0.2, 0.25) is 5.02 Å². The lowest BCUT2D eigenvalue weighted by Crippen LogP contribution is -2.53. The molecule has 5 heteroatoms. The van der Waals surface area contributed by atoms with Crippen LogP contribution in [0.3, 0.4) is 0 Å². The van der Waals surface area contributed by atoms with Gasteiger partial charge in [-0.05, 0) is 43.0 Å². The highest BCUT2D eigenvalue weighted by atomic mass is 35.5. The number of nitrogens with zero attached hydrogens (tertiary/aromatic N) is 2. The zero-order valence-electron chi connectivity index (χ0n) is 14.4. The van der Waals surface area contributed by atoms with Gasteiger partial charge < -0.3 is 9.64 Å². The molecular weight excluding hydrogens is 324 g/mol. The van der Waals surface area contributed by atoms with E-state index in [9.17, 15) is 4.79 Å². The van der Waals surface area contributed by atoms with E-state index in [1.54, 1.807) is 24.3 Å². The molecular formula is C19H27ClN2O2. The predicted molar refractivity (Wildman–Crippen MR) is 96.5 cm³/mol. The van der Waals surface area contributed by atoms with Gasteiger partial charge in [-0.25, -0.2) is 0 Å². The van der Waals surface area contributed by atoms with E-state index in [4.69, 9.17) is 16.3 Å². The van der Waals surface area contributed by atoms with Gasteiger partial charge in [0.25, 0.3) is 5.91 Å². The van der Waals surface area contributed by atoms with Gasteiger partial charge in [0.2, 0.25) is 0 Å². The lowest BCUT2D eigenvalue weighted by molar-refractivity contribution is -0.135. The van der Waals surface area contributed by atoms with Gasteiger partial charge in [-0.1, -0.05) is 31.4 Å². The van der Waals surface area contributed by atoms with E-state index in [2.05, 4.69) is 11.8 Å². The van der Waals surface area contributed by atoms with Crippen LogP contribution in [-0.2, 0) is 4.79 Å². The number of rotatable bonds is 4. The van der Waals surface area contributed by atoms with Crippen molar-refractivity contribution in [2.24, 2.45) is 5.92 Å². The smallest absolute Gasteiger partial charge is 0.260 e. The van der Waals surface area contributed by atoms with Gasteiger partial charge in [0.15, 0.2) is 6.61 Å². The van der Waals surface area contributed by atoms with Crippen molar-refractivity contribution >= 4 is 17.5 Å². The average molecular weight is 351 g/mol. The summed E-state index contributed by atoms with van der Waals surface area (Å²) >= 11 is 5.85. The lowest BCUT2D eigenvalue weighted by Gasteiger charge is -2.42. The van der Waals surface area contributed by atoms with Gasteiger partial charge >= 0.3 is 0 Å². The van der Waals surface area contributed by atoms with Crippen molar-refractivity contribution in [3.8, 4) is 5.75 Å². The molecule has 0 bridgehead atoms. The minimum Gasteiger partial charge on any atom is -0.484 e. The molecule has 1 heterocycles. The molecule has 1 aliphatic heterocycles. The normalized spacial score (nSPS) is 25.5. The van der Waals surface area contributed by atoms with Crippen LogP contribution in [0, 0.1) is 5.92 Å². The molecule has 0 radical (unpaired) electrons. The Bertz CT molecular complexity index is 541. The van der Waals surface area contributed by atoms with Crippen LogP contribution >= 0.6 is 11.6 Å². The minimum atomic E-state index is 0.0709. The number of halogens is 1. The molecule has 0 spiro atoms. The molecule has 0 unspecified atom stereocenters. The molecule has 0 aromatic heterocycles. The number of carbonyl (C=O) groups is 1. The summed E-state index contributed by atoms with van der Waals surface area (Å²) in [5.41, 5.74) is 0. The first kappa shape index (κ1) is 17.6. The molecule has 1 amide bonds. The molecule has 4 nitrogen and oxygen atoms in total. The second kappa shape index (κ2) is 8.21. The Balaban J connectivity index is 1.42. The summed E-state index contributed by atoms with van der Waals surface area (Å²) in [6.45, 7) is 6.07. The van der Waals surface area contributed by atoms with Crippen molar-refractivity contribution < 1.29 is 9.53 Å². The fraction of sp³-hybridized carbons (Fsp3) is 0.632. The first-order chi connectivity index (χ1) is 11.6. The van der Waals surface area contributed by atoms with Gasteiger partial charge in [0, 0.05) is 37.2 Å². The summed E-state index contributed by atoms with van der Waals surface area (Å²) in [5.74, 6) is 1.60. The Morgan fingerprint density at radius 3 is 2.54 bits per heavy atom. The van der Waals surface area contributed by atoms with Crippen molar-refractivity contribution in [3.05, 3.63) is 29.3 Å².